The molecule has 19 heavy (non-hydrogen) atoms. The molecule has 0 spiro atoms. The molecule has 0 radical (unpaired) electrons. The molecule has 2 rings (SSSR count). The Kier molecular flexibility index (Phi) is 3.88. The van der Waals surface area contributed by atoms with Gasteiger partial charge in [0.1, 0.15) is 5.82 Å². The average Bonchev–Trinajstić information content (AvgIpc) is 2.67. The van der Waals surface area contributed by atoms with Gasteiger partial charge in [0.15, 0.2) is 0 Å². The monoisotopic (exact) mass is 262 g/mol. The molecule has 102 valence electrons. The third-order valence-electron chi connectivity index (χ3n) is 3.53. The van der Waals surface area contributed by atoms with Gasteiger partial charge >= 0.3 is 0 Å². The largest absolute Gasteiger partial charge is 0.358 e. The first-order valence-corrected chi connectivity index (χ1v) is 6.61. The van der Waals surface area contributed by atoms with Gasteiger partial charge in [0.25, 0.3) is 0 Å². The number of H-pyrrole nitrogens is 1. The molecule has 0 saturated carbocycles. The van der Waals surface area contributed by atoms with E-state index in [1.807, 2.05) is 20.8 Å². The van der Waals surface area contributed by atoms with Crippen LogP contribution in [-0.2, 0) is 11.2 Å². The fourth-order valence-corrected chi connectivity index (χ4v) is 2.42. The number of aryl methyl sites for hydroxylation is 1. The molecule has 4 heteroatoms. The molecule has 1 amide bonds. The SMILES string of the molecule is CCN(CC)C(=O)Cc1c(C)[nH]c2ccc(F)cc12. The van der Waals surface area contributed by atoms with Crippen molar-refractivity contribution in [2.24, 2.45) is 0 Å². The Morgan fingerprint density at radius 2 is 2.00 bits per heavy atom. The molecule has 1 heterocycles. The minimum atomic E-state index is -0.275. The maximum absolute atomic E-state index is 13.3. The molecule has 0 fully saturated rings. The number of amides is 1. The number of carbonyl (C=O) groups is 1. The summed E-state index contributed by atoms with van der Waals surface area (Å²) in [4.78, 5) is 17.2. The van der Waals surface area contributed by atoms with Crippen LogP contribution in [0.3, 0.4) is 0 Å². The predicted octanol–water partition coefficient (Wildman–Crippen LogP) is 3.03. The molecule has 1 N–H and O–H groups in total. The summed E-state index contributed by atoms with van der Waals surface area (Å²) in [5.74, 6) is -0.193. The highest BCUT2D eigenvalue weighted by Crippen LogP contribution is 2.24. The van der Waals surface area contributed by atoms with Crippen LogP contribution in [0.15, 0.2) is 18.2 Å². The van der Waals surface area contributed by atoms with E-state index in [1.54, 1.807) is 11.0 Å². The normalized spacial score (nSPS) is 10.9. The molecule has 1 aromatic heterocycles. The molecule has 1 aromatic carbocycles. The molecular weight excluding hydrogens is 243 g/mol. The lowest BCUT2D eigenvalue weighted by Crippen LogP contribution is -2.31. The maximum atomic E-state index is 13.3. The van der Waals surface area contributed by atoms with Gasteiger partial charge in [0.2, 0.25) is 5.91 Å². The maximum Gasteiger partial charge on any atom is 0.227 e. The van der Waals surface area contributed by atoms with Gasteiger partial charge in [-0.2, -0.15) is 0 Å². The van der Waals surface area contributed by atoms with Gasteiger partial charge in [-0.1, -0.05) is 0 Å². The van der Waals surface area contributed by atoms with Crippen LogP contribution >= 0.6 is 0 Å². The van der Waals surface area contributed by atoms with Crippen LogP contribution in [0.2, 0.25) is 0 Å². The third kappa shape index (κ3) is 2.62. The quantitative estimate of drug-likeness (QED) is 0.903. The number of fused-ring (bicyclic) bond motifs is 1. The molecule has 3 nitrogen and oxygen atoms in total. The fraction of sp³-hybridized carbons (Fsp3) is 0.400. The van der Waals surface area contributed by atoms with E-state index in [0.717, 1.165) is 22.2 Å². The lowest BCUT2D eigenvalue weighted by Gasteiger charge is -2.18. The van der Waals surface area contributed by atoms with Gasteiger partial charge in [0, 0.05) is 29.7 Å². The molecule has 0 aliphatic rings. The zero-order valence-corrected chi connectivity index (χ0v) is 11.6. The van der Waals surface area contributed by atoms with Gasteiger partial charge in [-0.15, -0.1) is 0 Å². The number of nitrogens with zero attached hydrogens (tertiary/aromatic N) is 1. The van der Waals surface area contributed by atoms with E-state index in [9.17, 15) is 9.18 Å². The fourth-order valence-electron chi connectivity index (χ4n) is 2.42. The van der Waals surface area contributed by atoms with Crippen molar-refractivity contribution in [3.8, 4) is 0 Å². The molecule has 0 saturated heterocycles. The molecule has 0 aliphatic heterocycles. The van der Waals surface area contributed by atoms with Gasteiger partial charge in [-0.3, -0.25) is 4.79 Å². The second-order valence-electron chi connectivity index (χ2n) is 4.66. The van der Waals surface area contributed by atoms with Gasteiger partial charge in [-0.05, 0) is 44.5 Å². The first-order chi connectivity index (χ1) is 9.06. The second kappa shape index (κ2) is 5.43. The molecule has 0 unspecified atom stereocenters. The number of benzene rings is 1. The van der Waals surface area contributed by atoms with Crippen molar-refractivity contribution >= 4 is 16.8 Å². The van der Waals surface area contributed by atoms with E-state index in [2.05, 4.69) is 4.98 Å². The standard InChI is InChI=1S/C15H19FN2O/c1-4-18(5-2)15(19)9-12-10(3)17-14-7-6-11(16)8-13(12)14/h6-8,17H,4-5,9H2,1-3H3. The topological polar surface area (TPSA) is 36.1 Å². The van der Waals surface area contributed by atoms with Crippen LogP contribution in [0.4, 0.5) is 4.39 Å². The second-order valence-corrected chi connectivity index (χ2v) is 4.66. The Morgan fingerprint density at radius 3 is 2.63 bits per heavy atom. The van der Waals surface area contributed by atoms with Crippen molar-refractivity contribution in [2.45, 2.75) is 27.2 Å². The van der Waals surface area contributed by atoms with Crippen molar-refractivity contribution in [1.29, 1.82) is 0 Å². The number of carbonyl (C=O) groups excluding carboxylic acids is 1. The molecule has 2 aromatic rings. The summed E-state index contributed by atoms with van der Waals surface area (Å²) in [7, 11) is 0. The van der Waals surface area contributed by atoms with E-state index in [-0.39, 0.29) is 11.7 Å². The van der Waals surface area contributed by atoms with Crippen molar-refractivity contribution in [3.63, 3.8) is 0 Å². The van der Waals surface area contributed by atoms with Crippen LogP contribution in [-0.4, -0.2) is 28.9 Å². The highest BCUT2D eigenvalue weighted by atomic mass is 19.1. The number of aromatic amines is 1. The van der Waals surface area contributed by atoms with Gasteiger partial charge in [-0.25, -0.2) is 4.39 Å². The number of nitrogens with one attached hydrogen (secondary N) is 1. The summed E-state index contributed by atoms with van der Waals surface area (Å²) >= 11 is 0. The zero-order valence-electron chi connectivity index (χ0n) is 11.6. The lowest BCUT2D eigenvalue weighted by atomic mass is 10.1. The van der Waals surface area contributed by atoms with Crippen LogP contribution in [0.1, 0.15) is 25.1 Å². The highest BCUT2D eigenvalue weighted by Gasteiger charge is 2.16. The van der Waals surface area contributed by atoms with Gasteiger partial charge in [0.05, 0.1) is 6.42 Å². The number of likely N-dealkylation sites (N-methyl/N-ethyl adjacent to an activating group) is 1. The van der Waals surface area contributed by atoms with E-state index < -0.39 is 0 Å². The number of hydrogen-bond acceptors (Lipinski definition) is 1. The minimum absolute atomic E-state index is 0.0817. The summed E-state index contributed by atoms with van der Waals surface area (Å²) in [5, 5.41) is 0.804. The zero-order chi connectivity index (χ0) is 14.0. The van der Waals surface area contributed by atoms with E-state index in [0.29, 0.717) is 19.5 Å². The van der Waals surface area contributed by atoms with Gasteiger partial charge < -0.3 is 9.88 Å². The number of rotatable bonds is 4. The summed E-state index contributed by atoms with van der Waals surface area (Å²) in [6.07, 6.45) is 0.316. The minimum Gasteiger partial charge on any atom is -0.358 e. The van der Waals surface area contributed by atoms with Crippen LogP contribution in [0.25, 0.3) is 10.9 Å². The first-order valence-electron chi connectivity index (χ1n) is 6.61. The van der Waals surface area contributed by atoms with Crippen LogP contribution < -0.4 is 0 Å². The molecule has 0 aliphatic carbocycles. The average molecular weight is 262 g/mol. The van der Waals surface area contributed by atoms with E-state index >= 15 is 0 Å². The van der Waals surface area contributed by atoms with Crippen molar-refractivity contribution in [2.75, 3.05) is 13.1 Å². The first kappa shape index (κ1) is 13.6. The molecule has 0 atom stereocenters. The summed E-state index contributed by atoms with van der Waals surface area (Å²) < 4.78 is 13.3. The number of aromatic nitrogens is 1. The van der Waals surface area contributed by atoms with Crippen molar-refractivity contribution in [3.05, 3.63) is 35.3 Å². The van der Waals surface area contributed by atoms with E-state index in [1.165, 1.54) is 12.1 Å². The summed E-state index contributed by atoms with van der Waals surface area (Å²) in [6, 6.07) is 4.63. The Balaban J connectivity index is 2.37. The third-order valence-corrected chi connectivity index (χ3v) is 3.53. The highest BCUT2D eigenvalue weighted by molar-refractivity contribution is 5.90. The van der Waals surface area contributed by atoms with Crippen molar-refractivity contribution in [1.82, 2.24) is 9.88 Å². The Labute approximate surface area is 112 Å². The summed E-state index contributed by atoms with van der Waals surface area (Å²) in [6.45, 7) is 7.24. The predicted molar refractivity (Wildman–Crippen MR) is 74.6 cm³/mol. The Hall–Kier alpha value is -1.84. The van der Waals surface area contributed by atoms with Crippen LogP contribution in [0, 0.1) is 12.7 Å². The Morgan fingerprint density at radius 1 is 1.32 bits per heavy atom. The van der Waals surface area contributed by atoms with Crippen molar-refractivity contribution < 1.29 is 9.18 Å². The smallest absolute Gasteiger partial charge is 0.227 e. The molecule has 0 bridgehead atoms. The number of halogens is 1. The number of hydrogen-bond donors (Lipinski definition) is 1. The molecular formula is C15H19FN2O. The Bertz CT molecular complexity index is 599. The summed E-state index contributed by atoms with van der Waals surface area (Å²) in [5.41, 5.74) is 2.70. The van der Waals surface area contributed by atoms with E-state index in [4.69, 9.17) is 0 Å². The lowest BCUT2D eigenvalue weighted by molar-refractivity contribution is -0.130. The van der Waals surface area contributed by atoms with Crippen LogP contribution in [0.5, 0.6) is 0 Å².